The highest BCUT2D eigenvalue weighted by Crippen LogP contribution is 2.53. The lowest BCUT2D eigenvalue weighted by atomic mass is 9.57. The summed E-state index contributed by atoms with van der Waals surface area (Å²) in [7, 11) is 0. The Morgan fingerprint density at radius 1 is 1.28 bits per heavy atom. The highest BCUT2D eigenvalue weighted by molar-refractivity contribution is 7.09. The fourth-order valence-electron chi connectivity index (χ4n) is 5.14. The van der Waals surface area contributed by atoms with Gasteiger partial charge in [0.2, 0.25) is 5.91 Å². The minimum Gasteiger partial charge on any atom is -0.369 e. The van der Waals surface area contributed by atoms with E-state index in [9.17, 15) is 22.8 Å². The summed E-state index contributed by atoms with van der Waals surface area (Å²) in [5.41, 5.74) is -1.12. The number of rotatable bonds is 2. The van der Waals surface area contributed by atoms with Gasteiger partial charge in [-0.1, -0.05) is 0 Å². The molecule has 3 amide bonds. The first-order valence-electron chi connectivity index (χ1n) is 9.60. The predicted molar refractivity (Wildman–Crippen MR) is 96.2 cm³/mol. The minimum atomic E-state index is -4.38. The number of alkyl halides is 3. The van der Waals surface area contributed by atoms with Crippen molar-refractivity contribution in [2.75, 3.05) is 39.4 Å². The maximum atomic E-state index is 12.7. The molecule has 158 valence electrons. The number of carbonyl (C=O) groups excluding carboxylic acids is 2. The van der Waals surface area contributed by atoms with Crippen molar-refractivity contribution in [2.24, 2.45) is 11.3 Å². The van der Waals surface area contributed by atoms with Gasteiger partial charge in [0.15, 0.2) is 5.69 Å². The van der Waals surface area contributed by atoms with Gasteiger partial charge in [0, 0.05) is 43.4 Å². The largest absolute Gasteiger partial charge is 0.434 e. The zero-order valence-corrected chi connectivity index (χ0v) is 16.4. The molecular weight excluding hydrogens is 409 g/mol. The lowest BCUT2D eigenvalue weighted by molar-refractivity contribution is -0.143. The van der Waals surface area contributed by atoms with Gasteiger partial charge in [-0.05, 0) is 18.8 Å². The number of aromatic nitrogens is 1. The smallest absolute Gasteiger partial charge is 0.369 e. The van der Waals surface area contributed by atoms with Crippen LogP contribution in [0.2, 0.25) is 0 Å². The van der Waals surface area contributed by atoms with Crippen molar-refractivity contribution in [1.82, 2.24) is 20.1 Å². The molecule has 3 saturated heterocycles. The zero-order valence-electron chi connectivity index (χ0n) is 15.6. The molecule has 0 atom stereocenters. The van der Waals surface area contributed by atoms with Crippen LogP contribution in [-0.4, -0.2) is 71.7 Å². The molecule has 0 unspecified atom stereocenters. The first kappa shape index (κ1) is 19.1. The molecule has 4 aliphatic rings. The molecule has 0 aromatic carbocycles. The van der Waals surface area contributed by atoms with Crippen LogP contribution in [0.15, 0.2) is 5.38 Å². The third kappa shape index (κ3) is 3.37. The number of ether oxygens (including phenoxy) is 1. The number of hydrogen-bond acceptors (Lipinski definition) is 5. The number of likely N-dealkylation sites (tertiary alicyclic amines) is 2. The topological polar surface area (TPSA) is 74.8 Å². The maximum absolute atomic E-state index is 12.7. The van der Waals surface area contributed by atoms with E-state index in [4.69, 9.17) is 4.74 Å². The molecule has 1 aromatic heterocycles. The molecule has 3 aliphatic heterocycles. The van der Waals surface area contributed by atoms with Crippen LogP contribution in [-0.2, 0) is 22.1 Å². The molecule has 5 rings (SSSR count). The summed E-state index contributed by atoms with van der Waals surface area (Å²) >= 11 is 1.07. The number of nitrogens with one attached hydrogen (secondary N) is 1. The molecule has 1 saturated carbocycles. The first-order valence-corrected chi connectivity index (χ1v) is 10.5. The summed E-state index contributed by atoms with van der Waals surface area (Å²) in [6, 6.07) is -0.0146. The van der Waals surface area contributed by atoms with E-state index in [0.717, 1.165) is 29.6 Å². The van der Waals surface area contributed by atoms with E-state index >= 15 is 0 Å². The average molecular weight is 430 g/mol. The van der Waals surface area contributed by atoms with Crippen molar-refractivity contribution in [3.63, 3.8) is 0 Å². The lowest BCUT2D eigenvalue weighted by Gasteiger charge is -2.61. The van der Waals surface area contributed by atoms with Crippen molar-refractivity contribution in [2.45, 2.75) is 31.0 Å². The average Bonchev–Trinajstić information content (AvgIpc) is 3.02. The molecule has 2 spiro atoms. The molecule has 1 aliphatic carbocycles. The van der Waals surface area contributed by atoms with E-state index in [1.807, 2.05) is 4.90 Å². The zero-order chi connectivity index (χ0) is 20.4. The van der Waals surface area contributed by atoms with Crippen LogP contribution in [0.5, 0.6) is 0 Å². The number of morpholine rings is 1. The van der Waals surface area contributed by atoms with Crippen LogP contribution in [0.25, 0.3) is 0 Å². The van der Waals surface area contributed by atoms with E-state index in [1.165, 1.54) is 0 Å². The number of nitrogens with zero attached hydrogens (tertiary/aromatic N) is 3. The summed E-state index contributed by atoms with van der Waals surface area (Å²) in [5, 5.41) is 4.53. The fourth-order valence-corrected chi connectivity index (χ4v) is 6.06. The van der Waals surface area contributed by atoms with Gasteiger partial charge in [0.25, 0.3) is 0 Å². The first-order chi connectivity index (χ1) is 13.7. The number of thiazole rings is 1. The number of urea groups is 1. The van der Waals surface area contributed by atoms with Gasteiger partial charge in [0.1, 0.15) is 6.61 Å². The molecule has 1 aromatic rings. The van der Waals surface area contributed by atoms with E-state index in [0.29, 0.717) is 50.1 Å². The van der Waals surface area contributed by atoms with Gasteiger partial charge in [-0.25, -0.2) is 9.78 Å². The Hall–Kier alpha value is -1.88. The van der Waals surface area contributed by atoms with Crippen molar-refractivity contribution < 1.29 is 27.5 Å². The van der Waals surface area contributed by atoms with Crippen LogP contribution in [0.1, 0.15) is 23.5 Å². The van der Waals surface area contributed by atoms with E-state index in [2.05, 4.69) is 10.3 Å². The fraction of sp³-hybridized carbons (Fsp3) is 0.722. The number of hydrogen-bond donors (Lipinski definition) is 1. The predicted octanol–water partition coefficient (Wildman–Crippen LogP) is 1.74. The maximum Gasteiger partial charge on any atom is 0.434 e. The second-order valence-corrected chi connectivity index (χ2v) is 9.86. The summed E-state index contributed by atoms with van der Waals surface area (Å²) in [4.78, 5) is 31.3. The minimum absolute atomic E-state index is 0.0146. The van der Waals surface area contributed by atoms with Crippen molar-refractivity contribution in [3.05, 3.63) is 16.1 Å². The normalized spacial score (nSPS) is 25.4. The standard InChI is InChI=1S/C18H21F3N4O3S/c19-18(20,21)12-5-29-14(22-12)1-11-2-16(3-11)6-24(7-16)15(27)25-8-17(9-25)10-28-4-13(26)23-17/h5,11H,1-4,6-10H2,(H,23,26). The Morgan fingerprint density at radius 2 is 1.97 bits per heavy atom. The van der Waals surface area contributed by atoms with Crippen LogP contribution < -0.4 is 5.32 Å². The third-order valence-electron chi connectivity index (χ3n) is 6.35. The number of halogens is 3. The van der Waals surface area contributed by atoms with Gasteiger partial charge in [0.05, 0.1) is 17.2 Å². The van der Waals surface area contributed by atoms with Crippen LogP contribution >= 0.6 is 11.3 Å². The Labute approximate surface area is 169 Å². The van der Waals surface area contributed by atoms with Gasteiger partial charge < -0.3 is 19.9 Å². The number of carbonyl (C=O) groups is 2. The van der Waals surface area contributed by atoms with Crippen LogP contribution in [0.3, 0.4) is 0 Å². The van der Waals surface area contributed by atoms with Crippen molar-refractivity contribution >= 4 is 23.3 Å². The summed E-state index contributed by atoms with van der Waals surface area (Å²) in [6.45, 7) is 2.83. The monoisotopic (exact) mass is 430 g/mol. The molecule has 0 bridgehead atoms. The van der Waals surface area contributed by atoms with E-state index < -0.39 is 17.4 Å². The van der Waals surface area contributed by atoms with Gasteiger partial charge in [-0.15, -0.1) is 11.3 Å². The van der Waals surface area contributed by atoms with Gasteiger partial charge >= 0.3 is 12.2 Å². The number of amides is 3. The lowest BCUT2D eigenvalue weighted by Crippen LogP contribution is -2.78. The Kier molecular flexibility index (Phi) is 4.16. The molecule has 0 radical (unpaired) electrons. The van der Waals surface area contributed by atoms with Gasteiger partial charge in [-0.2, -0.15) is 13.2 Å². The van der Waals surface area contributed by atoms with Crippen molar-refractivity contribution in [3.8, 4) is 0 Å². The molecular formula is C18H21F3N4O3S. The van der Waals surface area contributed by atoms with Gasteiger partial charge in [-0.3, -0.25) is 4.79 Å². The molecule has 7 nitrogen and oxygen atoms in total. The second-order valence-electron chi connectivity index (χ2n) is 8.92. The van der Waals surface area contributed by atoms with E-state index in [-0.39, 0.29) is 24.0 Å². The molecule has 1 N–H and O–H groups in total. The SMILES string of the molecule is O=C1COCC2(CN(C(=O)N3CC4(CC(Cc5nc(C(F)(F)F)cs5)C4)C3)C2)N1. The van der Waals surface area contributed by atoms with E-state index in [1.54, 1.807) is 4.90 Å². The highest BCUT2D eigenvalue weighted by Gasteiger charge is 2.56. The summed E-state index contributed by atoms with van der Waals surface area (Å²) in [6.07, 6.45) is -1.96. The molecule has 11 heteroatoms. The highest BCUT2D eigenvalue weighted by atomic mass is 32.1. The molecule has 4 fully saturated rings. The second kappa shape index (κ2) is 6.31. The Balaban J connectivity index is 1.06. The summed E-state index contributed by atoms with van der Waals surface area (Å²) in [5.74, 6) is 0.190. The van der Waals surface area contributed by atoms with Crippen molar-refractivity contribution in [1.29, 1.82) is 0 Å². The summed E-state index contributed by atoms with van der Waals surface area (Å²) < 4.78 is 43.2. The molecule has 29 heavy (non-hydrogen) atoms. The quantitative estimate of drug-likeness (QED) is 0.776. The van der Waals surface area contributed by atoms with Crippen LogP contribution in [0, 0.1) is 11.3 Å². The Bertz CT molecular complexity index is 838. The molecule has 4 heterocycles. The third-order valence-corrected chi connectivity index (χ3v) is 7.22. The van der Waals surface area contributed by atoms with Crippen LogP contribution in [0.4, 0.5) is 18.0 Å². The Morgan fingerprint density at radius 3 is 2.59 bits per heavy atom.